The quantitative estimate of drug-likeness (QED) is 0.723. The van der Waals surface area contributed by atoms with Gasteiger partial charge in [-0.1, -0.05) is 18.2 Å². The van der Waals surface area contributed by atoms with Crippen molar-refractivity contribution in [2.75, 3.05) is 5.32 Å². The van der Waals surface area contributed by atoms with Crippen LogP contribution in [0.5, 0.6) is 0 Å². The Hall–Kier alpha value is -3.08. The van der Waals surface area contributed by atoms with E-state index in [0.29, 0.717) is 16.8 Å². The van der Waals surface area contributed by atoms with Gasteiger partial charge >= 0.3 is 0 Å². The molecular weight excluding hydrogens is 307 g/mol. The van der Waals surface area contributed by atoms with Crippen LogP contribution in [0.2, 0.25) is 0 Å². The molecule has 0 atom stereocenters. The Labute approximate surface area is 138 Å². The van der Waals surface area contributed by atoms with Crippen LogP contribution in [0, 0.1) is 5.82 Å². The summed E-state index contributed by atoms with van der Waals surface area (Å²) in [5.41, 5.74) is 1.72. The van der Waals surface area contributed by atoms with Crippen LogP contribution in [0.25, 0.3) is 10.9 Å². The Bertz CT molecular complexity index is 886. The molecule has 3 rings (SSSR count). The molecule has 1 amide bonds. The molecule has 3 aromatic rings. The number of para-hydroxylation sites is 1. The average molecular weight is 322 g/mol. The number of amides is 1. The zero-order valence-corrected chi connectivity index (χ0v) is 12.8. The van der Waals surface area contributed by atoms with Crippen LogP contribution < -0.4 is 5.32 Å². The summed E-state index contributed by atoms with van der Waals surface area (Å²) >= 11 is 0. The van der Waals surface area contributed by atoms with Gasteiger partial charge in [0.05, 0.1) is 11.2 Å². The van der Waals surface area contributed by atoms with E-state index in [4.69, 9.17) is 0 Å². The van der Waals surface area contributed by atoms with Crippen molar-refractivity contribution < 1.29 is 14.0 Å². The van der Waals surface area contributed by atoms with Gasteiger partial charge in [0, 0.05) is 30.0 Å². The number of nitrogens with zero attached hydrogens (tertiary/aromatic N) is 1. The number of carbonyl (C=O) groups excluding carboxylic acids is 2. The van der Waals surface area contributed by atoms with E-state index < -0.39 is 5.82 Å². The number of ketones is 1. The van der Waals surface area contributed by atoms with Crippen LogP contribution in [0.1, 0.15) is 23.2 Å². The summed E-state index contributed by atoms with van der Waals surface area (Å²) < 4.78 is 12.9. The number of nitrogens with one attached hydrogen (secondary N) is 1. The molecule has 0 aliphatic heterocycles. The van der Waals surface area contributed by atoms with E-state index >= 15 is 0 Å². The second-order valence-electron chi connectivity index (χ2n) is 5.36. The monoisotopic (exact) mass is 322 g/mol. The van der Waals surface area contributed by atoms with Crippen LogP contribution >= 0.6 is 0 Å². The van der Waals surface area contributed by atoms with Crippen LogP contribution in [-0.2, 0) is 4.79 Å². The molecule has 0 fully saturated rings. The first-order valence-corrected chi connectivity index (χ1v) is 7.56. The number of Topliss-reactive ketones (excluding diaryl/α,β-unsaturated/α-hetero) is 1. The fraction of sp³-hybridized carbons (Fsp3) is 0.105. The van der Waals surface area contributed by atoms with Crippen LogP contribution in [0.4, 0.5) is 10.1 Å². The van der Waals surface area contributed by atoms with Gasteiger partial charge in [-0.05, 0) is 36.4 Å². The maximum absolute atomic E-state index is 12.9. The highest BCUT2D eigenvalue weighted by atomic mass is 19.1. The van der Waals surface area contributed by atoms with Crippen molar-refractivity contribution in [3.8, 4) is 0 Å². The molecule has 0 unspecified atom stereocenters. The molecule has 4 nitrogen and oxygen atoms in total. The fourth-order valence-electron chi connectivity index (χ4n) is 2.42. The lowest BCUT2D eigenvalue weighted by molar-refractivity contribution is -0.116. The molecule has 5 heteroatoms. The molecule has 0 aliphatic carbocycles. The summed E-state index contributed by atoms with van der Waals surface area (Å²) in [5, 5.41) is 3.72. The van der Waals surface area contributed by atoms with E-state index in [-0.39, 0.29) is 24.5 Å². The van der Waals surface area contributed by atoms with Crippen molar-refractivity contribution >= 4 is 28.3 Å². The topological polar surface area (TPSA) is 59.1 Å². The minimum Gasteiger partial charge on any atom is -0.324 e. The molecule has 2 aromatic carbocycles. The van der Waals surface area contributed by atoms with Gasteiger partial charge in [0.2, 0.25) is 5.91 Å². The number of anilines is 1. The van der Waals surface area contributed by atoms with Crippen molar-refractivity contribution in [1.29, 1.82) is 0 Å². The highest BCUT2D eigenvalue weighted by molar-refractivity contribution is 6.03. The molecule has 0 saturated heterocycles. The summed E-state index contributed by atoms with van der Waals surface area (Å²) in [7, 11) is 0. The summed E-state index contributed by atoms with van der Waals surface area (Å²) in [6.45, 7) is 0. The lowest BCUT2D eigenvalue weighted by Crippen LogP contribution is -2.14. The van der Waals surface area contributed by atoms with Crippen molar-refractivity contribution in [1.82, 2.24) is 4.98 Å². The number of hydrogen-bond donors (Lipinski definition) is 1. The standard InChI is InChI=1S/C19H15FN2O2/c20-15-8-6-13(7-9-15)17(23)10-11-18(24)22-16-5-1-3-14-4-2-12-21-19(14)16/h1-9,12H,10-11H2,(H,22,24). The van der Waals surface area contributed by atoms with Gasteiger partial charge in [0.25, 0.3) is 0 Å². The zero-order chi connectivity index (χ0) is 16.9. The molecule has 24 heavy (non-hydrogen) atoms. The summed E-state index contributed by atoms with van der Waals surface area (Å²) in [6, 6.07) is 14.6. The van der Waals surface area contributed by atoms with Crippen LogP contribution in [-0.4, -0.2) is 16.7 Å². The number of benzene rings is 2. The van der Waals surface area contributed by atoms with Crippen LogP contribution in [0.3, 0.4) is 0 Å². The average Bonchev–Trinajstić information content (AvgIpc) is 2.61. The molecule has 1 N–H and O–H groups in total. The van der Waals surface area contributed by atoms with E-state index in [1.165, 1.54) is 24.3 Å². The third kappa shape index (κ3) is 3.63. The number of halogens is 1. The van der Waals surface area contributed by atoms with Crippen LogP contribution in [0.15, 0.2) is 60.8 Å². The Morgan fingerprint density at radius 1 is 0.958 bits per heavy atom. The fourth-order valence-corrected chi connectivity index (χ4v) is 2.42. The molecule has 0 radical (unpaired) electrons. The summed E-state index contributed by atoms with van der Waals surface area (Å²) in [4.78, 5) is 28.4. The van der Waals surface area contributed by atoms with Gasteiger partial charge in [-0.25, -0.2) is 4.39 Å². The van der Waals surface area contributed by atoms with Crippen molar-refractivity contribution in [2.24, 2.45) is 0 Å². The summed E-state index contributed by atoms with van der Waals surface area (Å²) in [6.07, 6.45) is 1.78. The molecule has 0 spiro atoms. The normalized spacial score (nSPS) is 10.5. The number of rotatable bonds is 5. The Morgan fingerprint density at radius 2 is 1.71 bits per heavy atom. The van der Waals surface area contributed by atoms with Gasteiger partial charge in [-0.3, -0.25) is 14.6 Å². The number of aromatic nitrogens is 1. The van der Waals surface area contributed by atoms with Gasteiger partial charge in [0.15, 0.2) is 5.78 Å². The molecule has 1 heterocycles. The number of carbonyl (C=O) groups is 2. The van der Waals surface area contributed by atoms with E-state index in [1.54, 1.807) is 12.3 Å². The minimum atomic E-state index is -0.396. The molecule has 0 saturated carbocycles. The maximum Gasteiger partial charge on any atom is 0.224 e. The van der Waals surface area contributed by atoms with E-state index in [0.717, 1.165) is 5.39 Å². The highest BCUT2D eigenvalue weighted by Crippen LogP contribution is 2.21. The first-order chi connectivity index (χ1) is 11.6. The lowest BCUT2D eigenvalue weighted by Gasteiger charge is -2.07. The Balaban J connectivity index is 1.63. The Morgan fingerprint density at radius 3 is 2.50 bits per heavy atom. The van der Waals surface area contributed by atoms with Crippen molar-refractivity contribution in [3.05, 3.63) is 72.2 Å². The predicted molar refractivity (Wildman–Crippen MR) is 90.3 cm³/mol. The maximum atomic E-state index is 12.9. The molecule has 120 valence electrons. The molecule has 0 aliphatic rings. The largest absolute Gasteiger partial charge is 0.324 e. The zero-order valence-electron chi connectivity index (χ0n) is 12.8. The predicted octanol–water partition coefficient (Wildman–Crippen LogP) is 3.98. The second kappa shape index (κ2) is 7.00. The molecular formula is C19H15FN2O2. The van der Waals surface area contributed by atoms with E-state index in [1.807, 2.05) is 24.3 Å². The highest BCUT2D eigenvalue weighted by Gasteiger charge is 2.11. The van der Waals surface area contributed by atoms with Crippen molar-refractivity contribution in [2.45, 2.75) is 12.8 Å². The van der Waals surface area contributed by atoms with Gasteiger partial charge in [0.1, 0.15) is 5.82 Å². The number of fused-ring (bicyclic) bond motifs is 1. The second-order valence-corrected chi connectivity index (χ2v) is 5.36. The van der Waals surface area contributed by atoms with Crippen molar-refractivity contribution in [3.63, 3.8) is 0 Å². The summed E-state index contributed by atoms with van der Waals surface area (Å²) in [5.74, 6) is -0.849. The SMILES string of the molecule is O=C(CCC(=O)c1ccc(F)cc1)Nc1cccc2cccnc12. The van der Waals surface area contributed by atoms with E-state index in [9.17, 15) is 14.0 Å². The third-order valence-corrected chi connectivity index (χ3v) is 3.65. The van der Waals surface area contributed by atoms with Gasteiger partial charge < -0.3 is 5.32 Å². The third-order valence-electron chi connectivity index (χ3n) is 3.65. The Kier molecular flexibility index (Phi) is 4.61. The number of pyridine rings is 1. The first-order valence-electron chi connectivity index (χ1n) is 7.56. The first kappa shape index (κ1) is 15.8. The smallest absolute Gasteiger partial charge is 0.224 e. The lowest BCUT2D eigenvalue weighted by atomic mass is 10.1. The molecule has 0 bridgehead atoms. The molecule has 1 aromatic heterocycles. The number of hydrogen-bond acceptors (Lipinski definition) is 3. The van der Waals surface area contributed by atoms with Gasteiger partial charge in [-0.2, -0.15) is 0 Å². The minimum absolute atomic E-state index is 0.0550. The van der Waals surface area contributed by atoms with Gasteiger partial charge in [-0.15, -0.1) is 0 Å². The van der Waals surface area contributed by atoms with E-state index in [2.05, 4.69) is 10.3 Å².